The van der Waals surface area contributed by atoms with Crippen LogP contribution in [0.3, 0.4) is 0 Å². The van der Waals surface area contributed by atoms with Crippen LogP contribution < -0.4 is 10.4 Å². The van der Waals surface area contributed by atoms with Crippen molar-refractivity contribution >= 4 is 11.0 Å². The lowest BCUT2D eigenvalue weighted by Gasteiger charge is -2.11. The molecule has 0 saturated heterocycles. The van der Waals surface area contributed by atoms with Crippen LogP contribution in [0.25, 0.3) is 11.0 Å². The van der Waals surface area contributed by atoms with Gasteiger partial charge < -0.3 is 9.15 Å². The largest absolute Gasteiger partial charge is 0.489 e. The summed E-state index contributed by atoms with van der Waals surface area (Å²) < 4.78 is 11.4. The van der Waals surface area contributed by atoms with Crippen LogP contribution in [0, 0.1) is 6.92 Å². The molecule has 1 heterocycles. The van der Waals surface area contributed by atoms with Crippen LogP contribution >= 0.6 is 0 Å². The second-order valence-corrected chi connectivity index (χ2v) is 7.09. The third-order valence-corrected chi connectivity index (χ3v) is 4.48. The minimum Gasteiger partial charge on any atom is -0.489 e. The summed E-state index contributed by atoms with van der Waals surface area (Å²) in [6.07, 6.45) is 8.33. The Bertz CT molecular complexity index is 865. The summed E-state index contributed by atoms with van der Waals surface area (Å²) in [4.78, 5) is 11.9. The highest BCUT2D eigenvalue weighted by atomic mass is 16.5. The maximum Gasteiger partial charge on any atom is 0.336 e. The predicted octanol–water partition coefficient (Wildman–Crippen LogP) is 6.13. The Morgan fingerprint density at radius 3 is 2.65 bits per heavy atom. The lowest BCUT2D eigenvalue weighted by molar-refractivity contribution is 0.358. The van der Waals surface area contributed by atoms with E-state index in [1.807, 2.05) is 19.1 Å². The van der Waals surface area contributed by atoms with E-state index in [1.54, 1.807) is 6.07 Å². The summed E-state index contributed by atoms with van der Waals surface area (Å²) in [5.41, 5.74) is 4.94. The zero-order valence-electron chi connectivity index (χ0n) is 16.6. The highest BCUT2D eigenvalue weighted by Crippen LogP contribution is 2.29. The van der Waals surface area contributed by atoms with Gasteiger partial charge in [-0.3, -0.25) is 0 Å². The van der Waals surface area contributed by atoms with Gasteiger partial charge in [0.15, 0.2) is 0 Å². The predicted molar refractivity (Wildman–Crippen MR) is 109 cm³/mol. The number of benzene rings is 1. The van der Waals surface area contributed by atoms with E-state index in [1.165, 1.54) is 11.1 Å². The summed E-state index contributed by atoms with van der Waals surface area (Å²) in [5.74, 6) is 0.766. The maximum atomic E-state index is 11.9. The summed E-state index contributed by atoms with van der Waals surface area (Å²) >= 11 is 0. The molecule has 3 nitrogen and oxygen atoms in total. The van der Waals surface area contributed by atoms with Crippen LogP contribution in [0.2, 0.25) is 0 Å². The molecule has 0 aliphatic carbocycles. The minimum atomic E-state index is -0.295. The first-order valence-electron chi connectivity index (χ1n) is 9.40. The van der Waals surface area contributed by atoms with Crippen molar-refractivity contribution in [3.8, 4) is 5.75 Å². The van der Waals surface area contributed by atoms with Gasteiger partial charge in [0.1, 0.15) is 17.9 Å². The topological polar surface area (TPSA) is 39.4 Å². The number of rotatable bonds is 8. The number of allylic oxidation sites excluding steroid dienone is 3. The van der Waals surface area contributed by atoms with Gasteiger partial charge in [-0.05, 0) is 70.7 Å². The lowest BCUT2D eigenvalue weighted by Crippen LogP contribution is -2.03. The van der Waals surface area contributed by atoms with Gasteiger partial charge in [0, 0.05) is 17.0 Å². The number of ether oxygens (including phenoxy) is 1. The number of hydrogen-bond donors (Lipinski definition) is 0. The number of aryl methyl sites for hydroxylation is 2. The Hall–Kier alpha value is -2.29. The van der Waals surface area contributed by atoms with Gasteiger partial charge >= 0.3 is 5.63 Å². The lowest BCUT2D eigenvalue weighted by atomic mass is 10.0. The highest BCUT2D eigenvalue weighted by Gasteiger charge is 2.11. The molecule has 0 spiro atoms. The Morgan fingerprint density at radius 1 is 1.19 bits per heavy atom. The van der Waals surface area contributed by atoms with E-state index in [2.05, 4.69) is 39.8 Å². The summed E-state index contributed by atoms with van der Waals surface area (Å²) in [7, 11) is 0. The van der Waals surface area contributed by atoms with Crippen molar-refractivity contribution in [1.82, 2.24) is 0 Å². The molecule has 1 aromatic carbocycles. The van der Waals surface area contributed by atoms with Crippen LogP contribution in [0.15, 0.2) is 50.7 Å². The molecule has 140 valence electrons. The van der Waals surface area contributed by atoms with Crippen LogP contribution in [-0.2, 0) is 6.42 Å². The molecule has 2 aromatic rings. The standard InChI is InChI=1S/C23H30O3/c1-6-8-19-15-22(24)26-23-18(5)21(12-11-20(19)23)25-14-13-17(4)10-7-9-16(2)3/h9,11-13,15H,6-8,10,14H2,1-5H3/b17-13-. The molecule has 0 atom stereocenters. The molecule has 26 heavy (non-hydrogen) atoms. The molecule has 0 fully saturated rings. The van der Waals surface area contributed by atoms with E-state index in [0.717, 1.165) is 47.9 Å². The molecule has 0 aliphatic heterocycles. The van der Waals surface area contributed by atoms with Crippen molar-refractivity contribution in [2.75, 3.05) is 6.61 Å². The van der Waals surface area contributed by atoms with Gasteiger partial charge in [0.25, 0.3) is 0 Å². The Morgan fingerprint density at radius 2 is 1.96 bits per heavy atom. The van der Waals surface area contributed by atoms with Gasteiger partial charge in [-0.15, -0.1) is 0 Å². The smallest absolute Gasteiger partial charge is 0.336 e. The fraction of sp³-hybridized carbons (Fsp3) is 0.435. The molecule has 0 radical (unpaired) electrons. The Labute approximate surface area is 156 Å². The fourth-order valence-electron chi connectivity index (χ4n) is 3.00. The zero-order valence-corrected chi connectivity index (χ0v) is 16.6. The van der Waals surface area contributed by atoms with Crippen molar-refractivity contribution in [2.24, 2.45) is 0 Å². The Kier molecular flexibility index (Phi) is 7.26. The van der Waals surface area contributed by atoms with Crippen molar-refractivity contribution in [3.05, 3.63) is 63.0 Å². The first-order chi connectivity index (χ1) is 12.4. The van der Waals surface area contributed by atoms with E-state index in [-0.39, 0.29) is 5.63 Å². The highest BCUT2D eigenvalue weighted by molar-refractivity contribution is 5.84. The SMILES string of the molecule is CCCc1cc(=O)oc2c(C)c(OC/C=C(/C)CCC=C(C)C)ccc12. The number of hydrogen-bond acceptors (Lipinski definition) is 3. The van der Waals surface area contributed by atoms with Gasteiger partial charge in [0.05, 0.1) is 0 Å². The van der Waals surface area contributed by atoms with E-state index < -0.39 is 0 Å². The molecule has 0 bridgehead atoms. The monoisotopic (exact) mass is 354 g/mol. The Balaban J connectivity index is 2.14. The molecule has 2 rings (SSSR count). The zero-order chi connectivity index (χ0) is 19.1. The average molecular weight is 354 g/mol. The van der Waals surface area contributed by atoms with Crippen molar-refractivity contribution in [1.29, 1.82) is 0 Å². The normalized spacial score (nSPS) is 11.7. The third-order valence-electron chi connectivity index (χ3n) is 4.48. The second kappa shape index (κ2) is 9.42. The van der Waals surface area contributed by atoms with Crippen molar-refractivity contribution in [3.63, 3.8) is 0 Å². The maximum absolute atomic E-state index is 11.9. The van der Waals surface area contributed by atoms with E-state index >= 15 is 0 Å². The molecule has 0 saturated carbocycles. The fourth-order valence-corrected chi connectivity index (χ4v) is 3.00. The average Bonchev–Trinajstić information content (AvgIpc) is 2.57. The summed E-state index contributed by atoms with van der Waals surface area (Å²) in [5, 5.41) is 1.00. The first kappa shape index (κ1) is 20.0. The van der Waals surface area contributed by atoms with E-state index in [4.69, 9.17) is 9.15 Å². The quantitative estimate of drug-likeness (QED) is 0.423. The van der Waals surface area contributed by atoms with E-state index in [9.17, 15) is 4.79 Å². The van der Waals surface area contributed by atoms with Gasteiger partial charge in [0.2, 0.25) is 0 Å². The molecular weight excluding hydrogens is 324 g/mol. The second-order valence-electron chi connectivity index (χ2n) is 7.09. The molecular formula is C23H30O3. The summed E-state index contributed by atoms with van der Waals surface area (Å²) in [6.45, 7) is 10.9. The molecule has 0 aliphatic rings. The molecule has 0 unspecified atom stereocenters. The van der Waals surface area contributed by atoms with Gasteiger partial charge in [-0.2, -0.15) is 0 Å². The van der Waals surface area contributed by atoms with Gasteiger partial charge in [-0.25, -0.2) is 4.79 Å². The van der Waals surface area contributed by atoms with Crippen LogP contribution in [0.5, 0.6) is 5.75 Å². The molecule has 0 amide bonds. The first-order valence-corrected chi connectivity index (χ1v) is 9.40. The van der Waals surface area contributed by atoms with Crippen LogP contribution in [0.4, 0.5) is 0 Å². The molecule has 1 aromatic heterocycles. The molecule has 3 heteroatoms. The van der Waals surface area contributed by atoms with Crippen LogP contribution in [0.1, 0.15) is 58.1 Å². The third kappa shape index (κ3) is 5.35. The van der Waals surface area contributed by atoms with Crippen molar-refractivity contribution < 1.29 is 9.15 Å². The van der Waals surface area contributed by atoms with E-state index in [0.29, 0.717) is 12.2 Å². The van der Waals surface area contributed by atoms with Crippen LogP contribution in [-0.4, -0.2) is 6.61 Å². The van der Waals surface area contributed by atoms with Crippen molar-refractivity contribution in [2.45, 2.75) is 60.3 Å². The summed E-state index contributed by atoms with van der Waals surface area (Å²) in [6, 6.07) is 5.57. The van der Waals surface area contributed by atoms with Gasteiger partial charge in [-0.1, -0.05) is 30.6 Å². The number of fused-ring (bicyclic) bond motifs is 1. The minimum absolute atomic E-state index is 0.295. The molecule has 0 N–H and O–H groups in total.